The molecule has 2 aromatic rings. The molecule has 166 valence electrons. The van der Waals surface area contributed by atoms with E-state index >= 15 is 0 Å². The second-order valence-corrected chi connectivity index (χ2v) is 8.73. The van der Waals surface area contributed by atoms with E-state index in [0.717, 1.165) is 62.5 Å². The third kappa shape index (κ3) is 5.80. The van der Waals surface area contributed by atoms with Crippen LogP contribution < -0.4 is 20.4 Å². The van der Waals surface area contributed by atoms with E-state index in [-0.39, 0.29) is 0 Å². The molecule has 7 nitrogen and oxygen atoms in total. The third-order valence-corrected chi connectivity index (χ3v) is 6.26. The lowest BCUT2D eigenvalue weighted by atomic mass is 10.2. The van der Waals surface area contributed by atoms with Gasteiger partial charge >= 0.3 is 0 Å². The van der Waals surface area contributed by atoms with Crippen molar-refractivity contribution < 1.29 is 0 Å². The number of aromatic nitrogens is 1. The maximum absolute atomic E-state index is 6.15. The van der Waals surface area contributed by atoms with Crippen molar-refractivity contribution in [1.29, 1.82) is 0 Å². The van der Waals surface area contributed by atoms with Gasteiger partial charge in [0.05, 0.1) is 0 Å². The minimum Gasteiger partial charge on any atom is -0.369 e. The van der Waals surface area contributed by atoms with Crippen molar-refractivity contribution in [3.8, 4) is 0 Å². The lowest BCUT2D eigenvalue weighted by Gasteiger charge is -2.33. The monoisotopic (exact) mass is 441 g/mol. The molecule has 0 bridgehead atoms. The number of benzene rings is 1. The Balaban J connectivity index is 1.29. The van der Waals surface area contributed by atoms with E-state index in [1.54, 1.807) is 0 Å². The number of hydrogen-bond donors (Lipinski definition) is 2. The first-order valence-corrected chi connectivity index (χ1v) is 11.3. The number of rotatable bonds is 5. The van der Waals surface area contributed by atoms with Gasteiger partial charge in [0.1, 0.15) is 5.82 Å². The Kier molecular flexibility index (Phi) is 7.14. The first kappa shape index (κ1) is 21.7. The normalized spacial score (nSPS) is 20.2. The van der Waals surface area contributed by atoms with Crippen molar-refractivity contribution in [2.45, 2.75) is 19.0 Å². The Morgan fingerprint density at radius 1 is 1.13 bits per heavy atom. The van der Waals surface area contributed by atoms with Gasteiger partial charge < -0.3 is 25.3 Å². The van der Waals surface area contributed by atoms with Crippen LogP contribution >= 0.6 is 11.6 Å². The summed E-state index contributed by atoms with van der Waals surface area (Å²) in [4.78, 5) is 16.1. The molecule has 1 aromatic carbocycles. The van der Waals surface area contributed by atoms with Gasteiger partial charge in [0.15, 0.2) is 5.96 Å². The summed E-state index contributed by atoms with van der Waals surface area (Å²) in [6, 6.07) is 12.7. The van der Waals surface area contributed by atoms with Crippen LogP contribution in [0.5, 0.6) is 0 Å². The summed E-state index contributed by atoms with van der Waals surface area (Å²) >= 11 is 6.15. The van der Waals surface area contributed by atoms with Gasteiger partial charge in [-0.25, -0.2) is 4.98 Å². The molecule has 8 heteroatoms. The average Bonchev–Trinajstić information content (AvgIpc) is 3.26. The minimum absolute atomic E-state index is 0.350. The highest BCUT2D eigenvalue weighted by atomic mass is 35.5. The molecule has 2 N–H and O–H groups in total. The summed E-state index contributed by atoms with van der Waals surface area (Å²) in [5.74, 6) is 1.89. The summed E-state index contributed by atoms with van der Waals surface area (Å²) in [6.45, 7) is 6.86. The maximum atomic E-state index is 6.15. The van der Waals surface area contributed by atoms with Gasteiger partial charge in [0.2, 0.25) is 0 Å². The van der Waals surface area contributed by atoms with Crippen molar-refractivity contribution in [2.75, 3.05) is 63.2 Å². The molecule has 4 rings (SSSR count). The molecule has 1 atom stereocenters. The van der Waals surface area contributed by atoms with Crippen molar-refractivity contribution in [1.82, 2.24) is 20.5 Å². The molecule has 1 unspecified atom stereocenters. The molecular formula is C23H32ClN7. The molecule has 0 amide bonds. The SMILES string of the molecule is CN=C(NCc1ccnc(N2CCN(C)CC2)c1)NC1CCN(c2cccc(Cl)c2)C1. The number of guanidine groups is 1. The standard InChI is InChI=1S/C23H32ClN7/c1-25-23(28-20-7-9-31(17-20)21-5-3-4-19(24)15-21)27-16-18-6-8-26-22(14-18)30-12-10-29(2)11-13-30/h3-6,8,14-15,20H,7,9-13,16-17H2,1-2H3,(H2,25,27,28). The van der Waals surface area contributed by atoms with E-state index in [1.165, 1.54) is 11.3 Å². The zero-order chi connectivity index (χ0) is 21.6. The number of pyridine rings is 1. The number of likely N-dealkylation sites (N-methyl/N-ethyl adjacent to an activating group) is 1. The first-order chi connectivity index (χ1) is 15.1. The Morgan fingerprint density at radius 2 is 1.97 bits per heavy atom. The van der Waals surface area contributed by atoms with Crippen LogP contribution in [0.4, 0.5) is 11.5 Å². The Bertz CT molecular complexity index is 895. The van der Waals surface area contributed by atoms with Crippen LogP contribution in [-0.2, 0) is 6.54 Å². The van der Waals surface area contributed by atoms with Crippen molar-refractivity contribution in [2.24, 2.45) is 4.99 Å². The van der Waals surface area contributed by atoms with Gasteiger partial charge in [-0.1, -0.05) is 17.7 Å². The Morgan fingerprint density at radius 3 is 2.74 bits per heavy atom. The zero-order valence-electron chi connectivity index (χ0n) is 18.4. The van der Waals surface area contributed by atoms with Crippen molar-refractivity contribution >= 4 is 29.1 Å². The van der Waals surface area contributed by atoms with Crippen LogP contribution in [0, 0.1) is 0 Å². The van der Waals surface area contributed by atoms with Crippen LogP contribution in [0.3, 0.4) is 0 Å². The quantitative estimate of drug-likeness (QED) is 0.549. The molecule has 3 heterocycles. The summed E-state index contributed by atoms with van der Waals surface area (Å²) in [7, 11) is 3.99. The first-order valence-electron chi connectivity index (χ1n) is 11.0. The highest BCUT2D eigenvalue weighted by Gasteiger charge is 2.23. The summed E-state index contributed by atoms with van der Waals surface area (Å²) < 4.78 is 0. The van der Waals surface area contributed by atoms with E-state index in [2.05, 4.69) is 60.6 Å². The molecule has 1 aromatic heterocycles. The lowest BCUT2D eigenvalue weighted by Crippen LogP contribution is -2.45. The fraction of sp³-hybridized carbons (Fsp3) is 0.478. The number of hydrogen-bond acceptors (Lipinski definition) is 5. The van der Waals surface area contributed by atoms with Crippen LogP contribution in [0.1, 0.15) is 12.0 Å². The van der Waals surface area contributed by atoms with Gasteiger partial charge in [-0.05, 0) is 49.4 Å². The molecular weight excluding hydrogens is 410 g/mol. The van der Waals surface area contributed by atoms with Gasteiger partial charge in [0, 0.05) is 75.8 Å². The molecule has 0 spiro atoms. The smallest absolute Gasteiger partial charge is 0.191 e. The number of halogens is 1. The molecule has 2 fully saturated rings. The molecule has 0 aliphatic carbocycles. The molecule has 0 saturated carbocycles. The summed E-state index contributed by atoms with van der Waals surface area (Å²) in [5.41, 5.74) is 2.38. The van der Waals surface area contributed by atoms with E-state index in [4.69, 9.17) is 11.6 Å². The molecule has 31 heavy (non-hydrogen) atoms. The van der Waals surface area contributed by atoms with Crippen LogP contribution in [0.25, 0.3) is 0 Å². The minimum atomic E-state index is 0.350. The summed E-state index contributed by atoms with van der Waals surface area (Å²) in [5, 5.41) is 7.80. The van der Waals surface area contributed by atoms with Gasteiger partial charge in [-0.15, -0.1) is 0 Å². The van der Waals surface area contributed by atoms with Gasteiger partial charge in [-0.2, -0.15) is 0 Å². The molecule has 2 aliphatic rings. The van der Waals surface area contributed by atoms with Crippen LogP contribution in [0.2, 0.25) is 5.02 Å². The number of piperazine rings is 1. The van der Waals surface area contributed by atoms with Crippen LogP contribution in [0.15, 0.2) is 47.6 Å². The van der Waals surface area contributed by atoms with E-state index in [0.29, 0.717) is 12.6 Å². The lowest BCUT2D eigenvalue weighted by molar-refractivity contribution is 0.312. The number of anilines is 2. The number of nitrogens with zero attached hydrogens (tertiary/aromatic N) is 5. The second kappa shape index (κ2) is 10.2. The highest BCUT2D eigenvalue weighted by molar-refractivity contribution is 6.30. The Hall–Kier alpha value is -2.51. The topological polar surface area (TPSA) is 59.0 Å². The van der Waals surface area contributed by atoms with Gasteiger partial charge in [-0.3, -0.25) is 4.99 Å². The van der Waals surface area contributed by atoms with E-state index in [1.807, 2.05) is 31.4 Å². The number of aliphatic imine (C=N–C) groups is 1. The highest BCUT2D eigenvalue weighted by Crippen LogP contribution is 2.23. The molecule has 0 radical (unpaired) electrons. The summed E-state index contributed by atoms with van der Waals surface area (Å²) in [6.07, 6.45) is 2.97. The van der Waals surface area contributed by atoms with Crippen LogP contribution in [-0.4, -0.2) is 75.2 Å². The molecule has 2 aliphatic heterocycles. The largest absolute Gasteiger partial charge is 0.369 e. The predicted molar refractivity (Wildman–Crippen MR) is 129 cm³/mol. The van der Waals surface area contributed by atoms with Crippen molar-refractivity contribution in [3.63, 3.8) is 0 Å². The maximum Gasteiger partial charge on any atom is 0.191 e. The Labute approximate surface area is 190 Å². The van der Waals surface area contributed by atoms with E-state index in [9.17, 15) is 0 Å². The van der Waals surface area contributed by atoms with E-state index < -0.39 is 0 Å². The second-order valence-electron chi connectivity index (χ2n) is 8.29. The fourth-order valence-electron chi connectivity index (χ4n) is 4.14. The fourth-order valence-corrected chi connectivity index (χ4v) is 4.32. The predicted octanol–water partition coefficient (Wildman–Crippen LogP) is 2.43. The molecule has 2 saturated heterocycles. The number of nitrogens with one attached hydrogen (secondary N) is 2. The van der Waals surface area contributed by atoms with Crippen molar-refractivity contribution in [3.05, 3.63) is 53.2 Å². The average molecular weight is 442 g/mol. The zero-order valence-corrected chi connectivity index (χ0v) is 19.1. The third-order valence-electron chi connectivity index (χ3n) is 6.02. The van der Waals surface area contributed by atoms with Gasteiger partial charge in [0.25, 0.3) is 0 Å².